The minimum atomic E-state index is -0.0437. The number of rotatable bonds is 9. The molecule has 0 atom stereocenters. The number of carbonyl (C=O) groups excluding carboxylic acids is 1. The SMILES string of the molecule is CCCCc1nnc(NC(=O)CCCOc2cccc(C)c2C)s1. The second-order valence-electron chi connectivity index (χ2n) is 5.80. The van der Waals surface area contributed by atoms with Gasteiger partial charge in [0.1, 0.15) is 10.8 Å². The summed E-state index contributed by atoms with van der Waals surface area (Å²) in [5.41, 5.74) is 2.36. The number of nitrogens with one attached hydrogen (secondary N) is 1. The largest absolute Gasteiger partial charge is 0.493 e. The zero-order chi connectivity index (χ0) is 17.4. The van der Waals surface area contributed by atoms with Gasteiger partial charge in [-0.25, -0.2) is 0 Å². The summed E-state index contributed by atoms with van der Waals surface area (Å²) in [4.78, 5) is 11.9. The molecule has 0 fully saturated rings. The number of hydrogen-bond acceptors (Lipinski definition) is 5. The van der Waals surface area contributed by atoms with Crippen molar-refractivity contribution in [2.24, 2.45) is 0 Å². The van der Waals surface area contributed by atoms with Gasteiger partial charge in [0.05, 0.1) is 6.61 Å². The Hall–Kier alpha value is -1.95. The standard InChI is InChI=1S/C18H25N3O2S/c1-4-5-11-17-20-21-18(24-17)19-16(22)10-7-12-23-15-9-6-8-13(2)14(15)3/h6,8-9H,4-5,7,10-12H2,1-3H3,(H,19,21,22). The van der Waals surface area contributed by atoms with Crippen LogP contribution in [0.2, 0.25) is 0 Å². The number of hydrogen-bond donors (Lipinski definition) is 1. The maximum Gasteiger partial charge on any atom is 0.226 e. The summed E-state index contributed by atoms with van der Waals surface area (Å²) in [5, 5.41) is 12.5. The van der Waals surface area contributed by atoms with Crippen LogP contribution < -0.4 is 10.1 Å². The van der Waals surface area contributed by atoms with Gasteiger partial charge in [-0.1, -0.05) is 36.8 Å². The third-order valence-electron chi connectivity index (χ3n) is 3.82. The minimum absolute atomic E-state index is 0.0437. The summed E-state index contributed by atoms with van der Waals surface area (Å²) in [6.45, 7) is 6.77. The van der Waals surface area contributed by atoms with Crippen LogP contribution in [0, 0.1) is 13.8 Å². The van der Waals surface area contributed by atoms with Gasteiger partial charge >= 0.3 is 0 Å². The van der Waals surface area contributed by atoms with E-state index in [1.807, 2.05) is 19.1 Å². The molecule has 2 rings (SSSR count). The Morgan fingerprint density at radius 2 is 2.08 bits per heavy atom. The summed E-state index contributed by atoms with van der Waals surface area (Å²) in [7, 11) is 0. The quantitative estimate of drug-likeness (QED) is 0.687. The van der Waals surface area contributed by atoms with Crippen molar-refractivity contribution in [3.8, 4) is 5.75 Å². The Bertz CT molecular complexity index is 670. The van der Waals surface area contributed by atoms with E-state index < -0.39 is 0 Å². The first-order valence-corrected chi connectivity index (χ1v) is 9.23. The highest BCUT2D eigenvalue weighted by Crippen LogP contribution is 2.21. The lowest BCUT2D eigenvalue weighted by molar-refractivity contribution is -0.116. The molecule has 2 aromatic rings. The Morgan fingerprint density at radius 1 is 1.25 bits per heavy atom. The molecule has 0 aliphatic rings. The normalized spacial score (nSPS) is 10.6. The molecule has 0 spiro atoms. The van der Waals surface area contributed by atoms with Gasteiger partial charge < -0.3 is 10.1 Å². The second kappa shape index (κ2) is 9.37. The van der Waals surface area contributed by atoms with Crippen molar-refractivity contribution in [2.75, 3.05) is 11.9 Å². The predicted octanol–water partition coefficient (Wildman–Crippen LogP) is 4.30. The first kappa shape index (κ1) is 18.4. The van der Waals surface area contributed by atoms with Crippen LogP contribution in [0.1, 0.15) is 48.7 Å². The van der Waals surface area contributed by atoms with E-state index in [1.165, 1.54) is 16.9 Å². The Balaban J connectivity index is 1.69. The minimum Gasteiger partial charge on any atom is -0.493 e. The third-order valence-corrected chi connectivity index (χ3v) is 4.72. The zero-order valence-electron chi connectivity index (χ0n) is 14.6. The van der Waals surface area contributed by atoms with E-state index in [-0.39, 0.29) is 5.91 Å². The molecule has 1 heterocycles. The number of amides is 1. The summed E-state index contributed by atoms with van der Waals surface area (Å²) < 4.78 is 5.76. The van der Waals surface area contributed by atoms with E-state index in [1.54, 1.807) is 0 Å². The molecule has 1 aromatic heterocycles. The highest BCUT2D eigenvalue weighted by atomic mass is 32.1. The number of anilines is 1. The van der Waals surface area contributed by atoms with E-state index in [4.69, 9.17) is 4.74 Å². The van der Waals surface area contributed by atoms with Crippen molar-refractivity contribution in [2.45, 2.75) is 52.9 Å². The van der Waals surface area contributed by atoms with Crippen molar-refractivity contribution in [3.05, 3.63) is 34.3 Å². The molecular weight excluding hydrogens is 322 g/mol. The molecule has 0 radical (unpaired) electrons. The van der Waals surface area contributed by atoms with Crippen molar-refractivity contribution in [3.63, 3.8) is 0 Å². The fourth-order valence-electron chi connectivity index (χ4n) is 2.21. The van der Waals surface area contributed by atoms with Crippen LogP contribution in [0.25, 0.3) is 0 Å². The average molecular weight is 347 g/mol. The van der Waals surface area contributed by atoms with Crippen LogP contribution >= 0.6 is 11.3 Å². The number of benzene rings is 1. The predicted molar refractivity (Wildman–Crippen MR) is 97.8 cm³/mol. The molecule has 0 saturated carbocycles. The van der Waals surface area contributed by atoms with Crippen molar-refractivity contribution >= 4 is 22.4 Å². The van der Waals surface area contributed by atoms with E-state index in [0.29, 0.717) is 24.6 Å². The second-order valence-corrected chi connectivity index (χ2v) is 6.86. The summed E-state index contributed by atoms with van der Waals surface area (Å²) in [6.07, 6.45) is 4.23. The van der Waals surface area contributed by atoms with Gasteiger partial charge in [0.2, 0.25) is 11.0 Å². The topological polar surface area (TPSA) is 64.1 Å². The molecule has 24 heavy (non-hydrogen) atoms. The average Bonchev–Trinajstić information content (AvgIpc) is 3.00. The van der Waals surface area contributed by atoms with Gasteiger partial charge in [0, 0.05) is 12.8 Å². The summed E-state index contributed by atoms with van der Waals surface area (Å²) >= 11 is 1.46. The fourth-order valence-corrected chi connectivity index (χ4v) is 3.01. The number of aromatic nitrogens is 2. The molecule has 0 bridgehead atoms. The number of carbonyl (C=O) groups is 1. The third kappa shape index (κ3) is 5.60. The van der Waals surface area contributed by atoms with Crippen LogP contribution in [0.4, 0.5) is 5.13 Å². The van der Waals surface area contributed by atoms with Gasteiger partial charge in [0.15, 0.2) is 0 Å². The maximum atomic E-state index is 11.9. The molecule has 0 saturated heterocycles. The highest BCUT2D eigenvalue weighted by Gasteiger charge is 2.08. The van der Waals surface area contributed by atoms with E-state index in [9.17, 15) is 4.79 Å². The van der Waals surface area contributed by atoms with E-state index in [2.05, 4.69) is 35.4 Å². The number of aryl methyl sites for hydroxylation is 2. The molecule has 6 heteroatoms. The van der Waals surface area contributed by atoms with Gasteiger partial charge in [-0.05, 0) is 43.9 Å². The van der Waals surface area contributed by atoms with Crippen molar-refractivity contribution in [1.29, 1.82) is 0 Å². The molecular formula is C18H25N3O2S. The zero-order valence-corrected chi connectivity index (χ0v) is 15.4. The number of unbranched alkanes of at least 4 members (excludes halogenated alkanes) is 1. The van der Waals surface area contributed by atoms with Crippen LogP contribution in [-0.2, 0) is 11.2 Å². The van der Waals surface area contributed by atoms with Gasteiger partial charge in [-0.3, -0.25) is 4.79 Å². The first-order valence-electron chi connectivity index (χ1n) is 8.41. The van der Waals surface area contributed by atoms with Gasteiger partial charge in [-0.15, -0.1) is 10.2 Å². The smallest absolute Gasteiger partial charge is 0.226 e. The molecule has 0 unspecified atom stereocenters. The van der Waals surface area contributed by atoms with E-state index >= 15 is 0 Å². The Morgan fingerprint density at radius 3 is 2.88 bits per heavy atom. The first-order chi connectivity index (χ1) is 11.6. The Labute approximate surface area is 147 Å². The molecule has 1 aromatic carbocycles. The molecule has 1 amide bonds. The molecule has 130 valence electrons. The van der Waals surface area contributed by atoms with Gasteiger partial charge in [0.25, 0.3) is 0 Å². The lowest BCUT2D eigenvalue weighted by Gasteiger charge is -2.10. The molecule has 5 nitrogen and oxygen atoms in total. The number of nitrogens with zero attached hydrogens (tertiary/aromatic N) is 2. The van der Waals surface area contributed by atoms with Crippen molar-refractivity contribution < 1.29 is 9.53 Å². The molecule has 0 aliphatic heterocycles. The lowest BCUT2D eigenvalue weighted by Crippen LogP contribution is -2.12. The van der Waals surface area contributed by atoms with Crippen molar-refractivity contribution in [1.82, 2.24) is 10.2 Å². The van der Waals surface area contributed by atoms with Crippen LogP contribution in [-0.4, -0.2) is 22.7 Å². The van der Waals surface area contributed by atoms with Crippen LogP contribution in [0.3, 0.4) is 0 Å². The lowest BCUT2D eigenvalue weighted by atomic mass is 10.1. The van der Waals surface area contributed by atoms with Crippen LogP contribution in [0.5, 0.6) is 5.75 Å². The summed E-state index contributed by atoms with van der Waals surface area (Å²) in [6, 6.07) is 6.00. The highest BCUT2D eigenvalue weighted by molar-refractivity contribution is 7.15. The van der Waals surface area contributed by atoms with Gasteiger partial charge in [-0.2, -0.15) is 0 Å². The molecule has 1 N–H and O–H groups in total. The van der Waals surface area contributed by atoms with E-state index in [0.717, 1.165) is 35.6 Å². The summed E-state index contributed by atoms with van der Waals surface area (Å²) in [5.74, 6) is 0.845. The Kier molecular flexibility index (Phi) is 7.18. The number of ether oxygens (including phenoxy) is 1. The molecule has 0 aliphatic carbocycles. The monoisotopic (exact) mass is 347 g/mol. The fraction of sp³-hybridized carbons (Fsp3) is 0.500. The maximum absolute atomic E-state index is 11.9. The van der Waals surface area contributed by atoms with Crippen LogP contribution in [0.15, 0.2) is 18.2 Å².